The molecule has 3 aromatic heterocycles. The van der Waals surface area contributed by atoms with Crippen LogP contribution in [0.4, 0.5) is 0 Å². The Labute approximate surface area is 209 Å². The molecule has 1 aromatic carbocycles. The molecule has 1 aliphatic heterocycles. The van der Waals surface area contributed by atoms with E-state index in [2.05, 4.69) is 15.3 Å². The average Bonchev–Trinajstić information content (AvgIpc) is 3.18. The molecule has 1 saturated carbocycles. The summed E-state index contributed by atoms with van der Waals surface area (Å²) in [4.78, 5) is 39.7. The van der Waals surface area contributed by atoms with E-state index >= 15 is 0 Å². The van der Waals surface area contributed by atoms with E-state index in [4.69, 9.17) is 11.6 Å². The molecular weight excluding hydrogens is 490 g/mol. The van der Waals surface area contributed by atoms with Crippen molar-refractivity contribution < 1.29 is 9.59 Å². The van der Waals surface area contributed by atoms with Gasteiger partial charge in [-0.3, -0.25) is 14.0 Å². The van der Waals surface area contributed by atoms with Crippen LogP contribution in [0.5, 0.6) is 0 Å². The standard InChI is InChI=1S/C24H22ClN5O2S2/c1-12-20(34-24-26-6-7-29(12)24)22(31)27-10-18-17-9-15(17)11-30(18)23(32)19-21(33-13(2)28-19)14-4-3-5-16(25)8-14/h3-8,15,17-18H,9-11H2,1-2H3,(H,27,31)/t15-,17-,18-/m1/s1. The molecule has 10 heteroatoms. The summed E-state index contributed by atoms with van der Waals surface area (Å²) in [6.45, 7) is 4.97. The summed E-state index contributed by atoms with van der Waals surface area (Å²) >= 11 is 9.09. The smallest absolute Gasteiger partial charge is 0.274 e. The van der Waals surface area contributed by atoms with Gasteiger partial charge in [0.25, 0.3) is 11.8 Å². The van der Waals surface area contributed by atoms with E-state index in [1.165, 1.54) is 22.7 Å². The van der Waals surface area contributed by atoms with E-state index in [-0.39, 0.29) is 17.9 Å². The first-order chi connectivity index (χ1) is 16.4. The number of piperidine rings is 1. The maximum absolute atomic E-state index is 13.7. The van der Waals surface area contributed by atoms with E-state index in [1.807, 2.05) is 53.6 Å². The normalized spacial score (nSPS) is 21.1. The van der Waals surface area contributed by atoms with E-state index in [1.54, 1.807) is 6.20 Å². The molecule has 1 aliphatic carbocycles. The van der Waals surface area contributed by atoms with Gasteiger partial charge < -0.3 is 10.2 Å². The highest BCUT2D eigenvalue weighted by molar-refractivity contribution is 7.19. The van der Waals surface area contributed by atoms with Crippen LogP contribution >= 0.6 is 34.3 Å². The van der Waals surface area contributed by atoms with Gasteiger partial charge in [0.2, 0.25) is 0 Å². The predicted octanol–water partition coefficient (Wildman–Crippen LogP) is 4.68. The van der Waals surface area contributed by atoms with Crippen LogP contribution in [0.15, 0.2) is 36.7 Å². The van der Waals surface area contributed by atoms with Gasteiger partial charge in [-0.2, -0.15) is 0 Å². The first-order valence-corrected chi connectivity index (χ1v) is 13.2. The van der Waals surface area contributed by atoms with Crippen LogP contribution in [0.2, 0.25) is 5.02 Å². The second-order valence-corrected chi connectivity index (χ2v) is 11.5. The molecule has 2 aliphatic rings. The Morgan fingerprint density at radius 2 is 2.12 bits per heavy atom. The molecular formula is C24H22ClN5O2S2. The van der Waals surface area contributed by atoms with Gasteiger partial charge in [0, 0.05) is 36.2 Å². The number of hydrogen-bond acceptors (Lipinski definition) is 6. The fourth-order valence-corrected chi connectivity index (χ4v) is 7.08. The fourth-order valence-electron chi connectivity index (χ4n) is 4.98. The largest absolute Gasteiger partial charge is 0.349 e. The number of benzene rings is 1. The number of nitrogens with one attached hydrogen (secondary N) is 1. The lowest BCUT2D eigenvalue weighted by atomic mass is 10.1. The molecule has 34 heavy (non-hydrogen) atoms. The Morgan fingerprint density at radius 1 is 1.26 bits per heavy atom. The molecule has 3 atom stereocenters. The number of amides is 2. The van der Waals surface area contributed by atoms with Crippen LogP contribution < -0.4 is 5.32 Å². The van der Waals surface area contributed by atoms with Crippen molar-refractivity contribution in [3.63, 3.8) is 0 Å². The van der Waals surface area contributed by atoms with E-state index in [0.717, 1.165) is 32.5 Å². The number of rotatable bonds is 5. The molecule has 6 rings (SSSR count). The molecule has 2 fully saturated rings. The highest BCUT2D eigenvalue weighted by Gasteiger charge is 2.54. The van der Waals surface area contributed by atoms with Gasteiger partial charge in [-0.25, -0.2) is 9.97 Å². The minimum atomic E-state index is -0.117. The first-order valence-electron chi connectivity index (χ1n) is 11.2. The third-order valence-electron chi connectivity index (χ3n) is 6.76. The molecule has 0 unspecified atom stereocenters. The molecule has 7 nitrogen and oxygen atoms in total. The summed E-state index contributed by atoms with van der Waals surface area (Å²) in [5.74, 6) is 0.748. The van der Waals surface area contributed by atoms with Crippen molar-refractivity contribution in [2.45, 2.75) is 26.3 Å². The molecule has 0 radical (unpaired) electrons. The lowest BCUT2D eigenvalue weighted by molar-refractivity contribution is 0.0690. The zero-order valence-corrected chi connectivity index (χ0v) is 21.0. The van der Waals surface area contributed by atoms with Crippen LogP contribution in [-0.4, -0.2) is 50.2 Å². The van der Waals surface area contributed by atoms with Crippen LogP contribution in [0.1, 0.15) is 37.3 Å². The van der Waals surface area contributed by atoms with Crippen molar-refractivity contribution >= 4 is 51.0 Å². The number of aryl methyl sites for hydroxylation is 2. The monoisotopic (exact) mass is 511 g/mol. The number of carbonyl (C=O) groups is 2. The van der Waals surface area contributed by atoms with Gasteiger partial charge in [-0.1, -0.05) is 35.1 Å². The van der Waals surface area contributed by atoms with Crippen LogP contribution in [-0.2, 0) is 0 Å². The number of nitrogens with zero attached hydrogens (tertiary/aromatic N) is 4. The Hall–Kier alpha value is -2.75. The van der Waals surface area contributed by atoms with Gasteiger partial charge in [0.15, 0.2) is 4.96 Å². The Kier molecular flexibility index (Phi) is 5.24. The van der Waals surface area contributed by atoms with Crippen LogP contribution in [0.3, 0.4) is 0 Å². The molecule has 0 bridgehead atoms. The Bertz CT molecular complexity index is 1440. The van der Waals surface area contributed by atoms with E-state index in [9.17, 15) is 9.59 Å². The quantitative estimate of drug-likeness (QED) is 0.422. The third-order valence-corrected chi connectivity index (χ3v) is 9.18. The minimum Gasteiger partial charge on any atom is -0.349 e. The summed E-state index contributed by atoms with van der Waals surface area (Å²) < 4.78 is 1.92. The molecule has 174 valence electrons. The highest BCUT2D eigenvalue weighted by atomic mass is 35.5. The molecule has 1 saturated heterocycles. The molecule has 4 aromatic rings. The van der Waals surface area contributed by atoms with Crippen LogP contribution in [0.25, 0.3) is 15.4 Å². The Morgan fingerprint density at radius 3 is 2.91 bits per heavy atom. The fraction of sp³-hybridized carbons (Fsp3) is 0.333. The van der Waals surface area contributed by atoms with Crippen molar-refractivity contribution in [2.24, 2.45) is 11.8 Å². The van der Waals surface area contributed by atoms with Gasteiger partial charge >= 0.3 is 0 Å². The number of imidazole rings is 1. The summed E-state index contributed by atoms with van der Waals surface area (Å²) in [7, 11) is 0. The zero-order valence-electron chi connectivity index (χ0n) is 18.6. The summed E-state index contributed by atoms with van der Waals surface area (Å²) in [5.41, 5.74) is 2.24. The summed E-state index contributed by atoms with van der Waals surface area (Å²) in [5, 5.41) is 4.55. The second-order valence-electron chi connectivity index (χ2n) is 8.91. The highest BCUT2D eigenvalue weighted by Crippen LogP contribution is 2.50. The predicted molar refractivity (Wildman–Crippen MR) is 134 cm³/mol. The molecule has 4 heterocycles. The van der Waals surface area contributed by atoms with Crippen molar-refractivity contribution in [3.8, 4) is 10.4 Å². The maximum atomic E-state index is 13.7. The van der Waals surface area contributed by atoms with E-state index < -0.39 is 0 Å². The number of carbonyl (C=O) groups excluding carboxylic acids is 2. The number of hydrogen-bond donors (Lipinski definition) is 1. The number of likely N-dealkylation sites (tertiary alicyclic amines) is 1. The number of thiazole rings is 2. The number of fused-ring (bicyclic) bond motifs is 2. The first kappa shape index (κ1) is 21.8. The summed E-state index contributed by atoms with van der Waals surface area (Å²) in [6, 6.07) is 7.49. The van der Waals surface area contributed by atoms with Crippen molar-refractivity contribution in [1.29, 1.82) is 0 Å². The van der Waals surface area contributed by atoms with Crippen molar-refractivity contribution in [3.05, 3.63) is 63.0 Å². The van der Waals surface area contributed by atoms with E-state index in [0.29, 0.717) is 40.5 Å². The van der Waals surface area contributed by atoms with Gasteiger partial charge in [0.05, 0.1) is 15.9 Å². The number of halogens is 1. The SMILES string of the molecule is Cc1nc(C(=O)N2C[C@H]3C[C@H]3[C@H]2CNC(=O)c2sc3nccn3c2C)c(-c2cccc(Cl)c2)s1. The Balaban J connectivity index is 1.23. The summed E-state index contributed by atoms with van der Waals surface area (Å²) in [6.07, 6.45) is 4.69. The minimum absolute atomic E-state index is 0.0278. The molecule has 2 amide bonds. The third kappa shape index (κ3) is 3.62. The maximum Gasteiger partial charge on any atom is 0.274 e. The van der Waals surface area contributed by atoms with Gasteiger partial charge in [-0.05, 0) is 49.8 Å². The topological polar surface area (TPSA) is 79.6 Å². The van der Waals surface area contributed by atoms with Crippen LogP contribution in [0, 0.1) is 25.7 Å². The molecule has 0 spiro atoms. The average molecular weight is 512 g/mol. The lowest BCUT2D eigenvalue weighted by Crippen LogP contribution is -2.45. The lowest BCUT2D eigenvalue weighted by Gasteiger charge is -2.27. The number of aromatic nitrogens is 3. The van der Waals surface area contributed by atoms with Gasteiger partial charge in [0.1, 0.15) is 10.6 Å². The van der Waals surface area contributed by atoms with Gasteiger partial charge in [-0.15, -0.1) is 11.3 Å². The van der Waals surface area contributed by atoms with Crippen molar-refractivity contribution in [2.75, 3.05) is 13.1 Å². The second kappa shape index (κ2) is 8.18. The van der Waals surface area contributed by atoms with Crippen molar-refractivity contribution in [1.82, 2.24) is 24.6 Å². The zero-order chi connectivity index (χ0) is 23.6. The molecule has 1 N–H and O–H groups in total.